The Labute approximate surface area is 99.3 Å². The van der Waals surface area contributed by atoms with Gasteiger partial charge < -0.3 is 14.0 Å². The number of ether oxygens (including phenoxy) is 2. The average molecular weight is 240 g/mol. The van der Waals surface area contributed by atoms with E-state index in [4.69, 9.17) is 14.0 Å². The lowest BCUT2D eigenvalue weighted by molar-refractivity contribution is -0.127. The molecule has 0 amide bonds. The average Bonchev–Trinajstić information content (AvgIpc) is 2.79. The molecule has 1 aliphatic rings. The van der Waals surface area contributed by atoms with Crippen LogP contribution in [0, 0.1) is 0 Å². The van der Waals surface area contributed by atoms with Crippen LogP contribution in [-0.4, -0.2) is 36.2 Å². The molecule has 6 heteroatoms. The van der Waals surface area contributed by atoms with Gasteiger partial charge in [0, 0.05) is 13.5 Å². The number of hydrogen-bond donors (Lipinski definition) is 0. The summed E-state index contributed by atoms with van der Waals surface area (Å²) in [6, 6.07) is 0. The van der Waals surface area contributed by atoms with Gasteiger partial charge in [-0.15, -0.1) is 0 Å². The van der Waals surface area contributed by atoms with Crippen molar-refractivity contribution in [1.29, 1.82) is 0 Å². The quantitative estimate of drug-likeness (QED) is 0.785. The molecule has 6 nitrogen and oxygen atoms in total. The molecular formula is C11H16N2O4. The largest absolute Gasteiger partial charge is 0.380 e. The molecule has 0 aromatic carbocycles. The lowest BCUT2D eigenvalue weighted by atomic mass is 10.0. The molecule has 94 valence electrons. The fraction of sp³-hybridized carbons (Fsp3) is 0.727. The molecule has 1 atom stereocenters. The molecule has 1 aromatic rings. The molecular weight excluding hydrogens is 224 g/mol. The Morgan fingerprint density at radius 3 is 2.88 bits per heavy atom. The summed E-state index contributed by atoms with van der Waals surface area (Å²) in [6.45, 7) is 4.45. The van der Waals surface area contributed by atoms with E-state index in [-0.39, 0.29) is 5.78 Å². The van der Waals surface area contributed by atoms with Gasteiger partial charge >= 0.3 is 0 Å². The van der Waals surface area contributed by atoms with E-state index in [1.165, 1.54) is 0 Å². The van der Waals surface area contributed by atoms with E-state index in [0.29, 0.717) is 31.3 Å². The lowest BCUT2D eigenvalue weighted by Gasteiger charge is -2.18. The van der Waals surface area contributed by atoms with Crippen LogP contribution in [0.1, 0.15) is 37.9 Å². The minimum Gasteiger partial charge on any atom is -0.380 e. The molecule has 0 spiro atoms. The Bertz CT molecular complexity index is 413. The zero-order chi connectivity index (χ0) is 12.5. The molecule has 17 heavy (non-hydrogen) atoms. The first-order valence-electron chi connectivity index (χ1n) is 5.54. The first kappa shape index (κ1) is 12.2. The number of carbonyl (C=O) groups excluding carboxylic acids is 1. The highest BCUT2D eigenvalue weighted by molar-refractivity contribution is 5.85. The summed E-state index contributed by atoms with van der Waals surface area (Å²) in [5.74, 6) is 0.405. The number of carbonyl (C=O) groups is 1. The van der Waals surface area contributed by atoms with E-state index < -0.39 is 11.5 Å². The molecule has 1 aromatic heterocycles. The third-order valence-corrected chi connectivity index (χ3v) is 2.95. The van der Waals surface area contributed by atoms with Crippen molar-refractivity contribution < 1.29 is 18.8 Å². The van der Waals surface area contributed by atoms with Crippen molar-refractivity contribution in [2.75, 3.05) is 20.3 Å². The highest BCUT2D eigenvalue weighted by Crippen LogP contribution is 2.25. The Morgan fingerprint density at radius 2 is 2.24 bits per heavy atom. The monoisotopic (exact) mass is 240 g/mol. The summed E-state index contributed by atoms with van der Waals surface area (Å²) in [4.78, 5) is 15.9. The number of rotatable bonds is 3. The van der Waals surface area contributed by atoms with E-state index >= 15 is 0 Å². The molecule has 2 rings (SSSR count). The van der Waals surface area contributed by atoms with Gasteiger partial charge in [-0.2, -0.15) is 4.98 Å². The molecule has 1 unspecified atom stereocenters. The molecule has 0 N–H and O–H groups in total. The van der Waals surface area contributed by atoms with E-state index in [1.807, 2.05) is 13.8 Å². The topological polar surface area (TPSA) is 74.5 Å². The van der Waals surface area contributed by atoms with E-state index in [0.717, 1.165) is 0 Å². The van der Waals surface area contributed by atoms with Gasteiger partial charge in [0.15, 0.2) is 0 Å². The number of ketones is 1. The van der Waals surface area contributed by atoms with E-state index in [1.54, 1.807) is 7.11 Å². The maximum absolute atomic E-state index is 11.7. The minimum absolute atomic E-state index is 0.0849. The van der Waals surface area contributed by atoms with Crippen LogP contribution in [0.3, 0.4) is 0 Å². The predicted octanol–water partition coefficient (Wildman–Crippen LogP) is 1.02. The third kappa shape index (κ3) is 2.37. The number of nitrogens with zero attached hydrogens (tertiary/aromatic N) is 2. The molecule has 0 aliphatic carbocycles. The van der Waals surface area contributed by atoms with Crippen molar-refractivity contribution >= 4 is 5.78 Å². The van der Waals surface area contributed by atoms with Gasteiger partial charge in [-0.1, -0.05) is 5.16 Å². The number of hydrogen-bond acceptors (Lipinski definition) is 6. The van der Waals surface area contributed by atoms with Crippen LogP contribution in [-0.2, 0) is 19.9 Å². The van der Waals surface area contributed by atoms with Crippen molar-refractivity contribution in [3.8, 4) is 0 Å². The molecule has 1 saturated heterocycles. The lowest BCUT2D eigenvalue weighted by Crippen LogP contribution is -2.26. The van der Waals surface area contributed by atoms with Crippen LogP contribution in [0.5, 0.6) is 0 Å². The van der Waals surface area contributed by atoms with Crippen molar-refractivity contribution in [3.05, 3.63) is 11.7 Å². The smallest absolute Gasteiger partial charge is 0.239 e. The summed E-state index contributed by atoms with van der Waals surface area (Å²) in [7, 11) is 1.57. The van der Waals surface area contributed by atoms with Crippen LogP contribution in [0.25, 0.3) is 0 Å². The van der Waals surface area contributed by atoms with E-state index in [2.05, 4.69) is 10.1 Å². The van der Waals surface area contributed by atoms with Gasteiger partial charge in [0.25, 0.3) is 0 Å². The van der Waals surface area contributed by atoms with Crippen LogP contribution in [0.15, 0.2) is 4.52 Å². The molecule has 0 saturated carbocycles. The van der Waals surface area contributed by atoms with E-state index in [9.17, 15) is 4.79 Å². The SMILES string of the molecule is COC(C)(C)c1noc(C2COCCC2=O)n1. The second kappa shape index (κ2) is 4.54. The predicted molar refractivity (Wildman–Crippen MR) is 57.5 cm³/mol. The fourth-order valence-corrected chi connectivity index (χ4v) is 1.56. The van der Waals surface area contributed by atoms with Crippen LogP contribution >= 0.6 is 0 Å². The zero-order valence-corrected chi connectivity index (χ0v) is 10.2. The fourth-order valence-electron chi connectivity index (χ4n) is 1.56. The van der Waals surface area contributed by atoms with Gasteiger partial charge in [0.2, 0.25) is 11.7 Å². The zero-order valence-electron chi connectivity index (χ0n) is 10.2. The van der Waals surface area contributed by atoms with Gasteiger partial charge in [0.05, 0.1) is 13.2 Å². The number of methoxy groups -OCH3 is 1. The number of aromatic nitrogens is 2. The Kier molecular flexibility index (Phi) is 3.26. The normalized spacial score (nSPS) is 21.8. The second-order valence-electron chi connectivity index (χ2n) is 4.51. The second-order valence-corrected chi connectivity index (χ2v) is 4.51. The minimum atomic E-state index is -0.625. The van der Waals surface area contributed by atoms with Gasteiger partial charge in [-0.25, -0.2) is 0 Å². The van der Waals surface area contributed by atoms with Crippen molar-refractivity contribution in [2.24, 2.45) is 0 Å². The van der Waals surface area contributed by atoms with Gasteiger partial charge in [0.1, 0.15) is 17.3 Å². The maximum Gasteiger partial charge on any atom is 0.239 e. The molecule has 2 heterocycles. The summed E-state index contributed by atoms with van der Waals surface area (Å²) >= 11 is 0. The first-order chi connectivity index (χ1) is 8.04. The molecule has 1 fully saturated rings. The standard InChI is InChI=1S/C11H16N2O4/c1-11(2,15-3)10-12-9(17-13-10)7-6-16-5-4-8(7)14/h7H,4-6H2,1-3H3. The number of Topliss-reactive ketones (excluding diaryl/α,β-unsaturated/α-hetero) is 1. The first-order valence-corrected chi connectivity index (χ1v) is 5.54. The summed E-state index contributed by atoms with van der Waals surface area (Å²) < 4.78 is 15.6. The van der Waals surface area contributed by atoms with Crippen LogP contribution in [0.2, 0.25) is 0 Å². The highest BCUT2D eigenvalue weighted by Gasteiger charge is 2.33. The summed E-state index contributed by atoms with van der Waals surface area (Å²) in [5.41, 5.74) is -0.625. The van der Waals surface area contributed by atoms with Gasteiger partial charge in [-0.3, -0.25) is 4.79 Å². The molecule has 0 bridgehead atoms. The summed E-state index contributed by atoms with van der Waals surface area (Å²) in [5, 5.41) is 3.85. The molecule has 1 aliphatic heterocycles. The van der Waals surface area contributed by atoms with Crippen LogP contribution in [0.4, 0.5) is 0 Å². The Morgan fingerprint density at radius 1 is 1.47 bits per heavy atom. The highest BCUT2D eigenvalue weighted by atomic mass is 16.5. The van der Waals surface area contributed by atoms with Crippen molar-refractivity contribution in [2.45, 2.75) is 31.8 Å². The van der Waals surface area contributed by atoms with Crippen LogP contribution < -0.4 is 0 Å². The van der Waals surface area contributed by atoms with Gasteiger partial charge in [-0.05, 0) is 13.8 Å². The Hall–Kier alpha value is -1.27. The van der Waals surface area contributed by atoms with Crippen molar-refractivity contribution in [3.63, 3.8) is 0 Å². The maximum atomic E-state index is 11.7. The Balaban J connectivity index is 2.20. The van der Waals surface area contributed by atoms with Crippen molar-refractivity contribution in [1.82, 2.24) is 10.1 Å². The third-order valence-electron chi connectivity index (χ3n) is 2.95. The summed E-state index contributed by atoms with van der Waals surface area (Å²) in [6.07, 6.45) is 0.399. The molecule has 0 radical (unpaired) electrons.